The average molecular weight is 392 g/mol. The summed E-state index contributed by atoms with van der Waals surface area (Å²) < 4.78 is 5.98. The maximum atomic E-state index is 12.9. The molecular weight excluding hydrogens is 368 g/mol. The van der Waals surface area contributed by atoms with Crippen molar-refractivity contribution in [3.05, 3.63) is 53.9 Å². The number of rotatable bonds is 4. The second kappa shape index (κ2) is 8.50. The van der Waals surface area contributed by atoms with Gasteiger partial charge in [0.15, 0.2) is 6.10 Å². The molecule has 7 nitrogen and oxygen atoms in total. The molecule has 4 rings (SSSR count). The summed E-state index contributed by atoms with van der Waals surface area (Å²) in [7, 11) is 0. The van der Waals surface area contributed by atoms with Gasteiger partial charge in [-0.2, -0.15) is 5.26 Å². The fraction of sp³-hybridized carbons (Fsp3) is 0.409. The number of anilines is 1. The summed E-state index contributed by atoms with van der Waals surface area (Å²) in [5.74, 6) is 0.457. The van der Waals surface area contributed by atoms with Crippen molar-refractivity contribution in [2.24, 2.45) is 0 Å². The van der Waals surface area contributed by atoms with Gasteiger partial charge in [-0.25, -0.2) is 4.98 Å². The van der Waals surface area contributed by atoms with Crippen molar-refractivity contribution in [1.82, 2.24) is 10.3 Å². The minimum Gasteiger partial charge on any atom is -0.477 e. The standard InChI is InChI=1S/C22H24N4O3/c23-11-16-10-9-15(12-24-16)13-26-14-21(29-20-8-4-2-6-18(20)26)22(28)25-17-5-1-3-7-19(17)27/h2,4,6,8-10,12,17,19,21,27H,1,3,5,7,13-14H2,(H,25,28)/t17-,19-,21?/m0/s1. The van der Waals surface area contributed by atoms with Crippen molar-refractivity contribution in [1.29, 1.82) is 5.26 Å². The topological polar surface area (TPSA) is 98.5 Å². The SMILES string of the molecule is N#Cc1ccc(CN2CC(C(=O)N[C@H]3CCCC[C@@H]3O)Oc3ccccc32)cn1. The van der Waals surface area contributed by atoms with Gasteiger partial charge in [0.25, 0.3) is 5.91 Å². The number of hydrogen-bond donors (Lipinski definition) is 2. The van der Waals surface area contributed by atoms with E-state index in [-0.39, 0.29) is 11.9 Å². The Kier molecular flexibility index (Phi) is 5.63. The molecule has 1 amide bonds. The number of carbonyl (C=O) groups excluding carboxylic acids is 1. The monoisotopic (exact) mass is 392 g/mol. The van der Waals surface area contributed by atoms with E-state index in [1.807, 2.05) is 36.4 Å². The molecule has 0 radical (unpaired) electrons. The number of aliphatic hydroxyl groups excluding tert-OH is 1. The molecule has 3 atom stereocenters. The highest BCUT2D eigenvalue weighted by atomic mass is 16.5. The number of nitrogens with zero attached hydrogens (tertiary/aromatic N) is 3. The van der Waals surface area contributed by atoms with Crippen LogP contribution >= 0.6 is 0 Å². The van der Waals surface area contributed by atoms with Crippen LogP contribution < -0.4 is 15.0 Å². The van der Waals surface area contributed by atoms with Crippen LogP contribution in [0.15, 0.2) is 42.6 Å². The van der Waals surface area contributed by atoms with Gasteiger partial charge < -0.3 is 20.1 Å². The lowest BCUT2D eigenvalue weighted by Gasteiger charge is -2.37. The van der Waals surface area contributed by atoms with Gasteiger partial charge in [0, 0.05) is 12.7 Å². The number of aliphatic hydroxyl groups is 1. The van der Waals surface area contributed by atoms with E-state index in [1.54, 1.807) is 12.3 Å². The van der Waals surface area contributed by atoms with Gasteiger partial charge in [-0.1, -0.05) is 31.0 Å². The number of pyridine rings is 1. The van der Waals surface area contributed by atoms with Gasteiger partial charge >= 0.3 is 0 Å². The van der Waals surface area contributed by atoms with Crippen molar-refractivity contribution in [2.75, 3.05) is 11.4 Å². The van der Waals surface area contributed by atoms with Crippen molar-refractivity contribution in [2.45, 2.75) is 50.5 Å². The van der Waals surface area contributed by atoms with Gasteiger partial charge in [0.1, 0.15) is 17.5 Å². The summed E-state index contributed by atoms with van der Waals surface area (Å²) in [4.78, 5) is 19.1. The van der Waals surface area contributed by atoms with Crippen LogP contribution in [0, 0.1) is 11.3 Å². The third-order valence-electron chi connectivity index (χ3n) is 5.52. The van der Waals surface area contributed by atoms with E-state index in [4.69, 9.17) is 10.00 Å². The minimum atomic E-state index is -0.662. The van der Waals surface area contributed by atoms with Gasteiger partial charge in [0.05, 0.1) is 24.4 Å². The molecule has 29 heavy (non-hydrogen) atoms. The summed E-state index contributed by atoms with van der Waals surface area (Å²) in [5.41, 5.74) is 2.24. The Morgan fingerprint density at radius 3 is 2.86 bits per heavy atom. The van der Waals surface area contributed by atoms with E-state index >= 15 is 0 Å². The highest BCUT2D eigenvalue weighted by Crippen LogP contribution is 2.34. The number of fused-ring (bicyclic) bond motifs is 1. The summed E-state index contributed by atoms with van der Waals surface area (Å²) in [6, 6.07) is 13.0. The van der Waals surface area contributed by atoms with Crippen LogP contribution in [0.3, 0.4) is 0 Å². The second-order valence-electron chi connectivity index (χ2n) is 7.59. The zero-order valence-corrected chi connectivity index (χ0v) is 16.1. The smallest absolute Gasteiger partial charge is 0.263 e. The number of carbonyl (C=O) groups is 1. The fourth-order valence-corrected chi connectivity index (χ4v) is 3.95. The van der Waals surface area contributed by atoms with Crippen LogP contribution in [-0.4, -0.2) is 40.8 Å². The predicted octanol–water partition coefficient (Wildman–Crippen LogP) is 2.14. The number of hydrogen-bond acceptors (Lipinski definition) is 6. The van der Waals surface area contributed by atoms with Crippen LogP contribution in [0.2, 0.25) is 0 Å². The molecule has 1 aromatic carbocycles. The molecule has 1 aliphatic carbocycles. The molecular formula is C22H24N4O3. The number of amides is 1. The summed E-state index contributed by atoms with van der Waals surface area (Å²) in [6.45, 7) is 0.945. The Morgan fingerprint density at radius 1 is 1.28 bits per heavy atom. The normalized spacial score (nSPS) is 23.4. The molecule has 2 heterocycles. The molecule has 1 aliphatic heterocycles. The Labute approximate surface area is 169 Å². The van der Waals surface area contributed by atoms with Crippen LogP contribution in [0.25, 0.3) is 0 Å². The molecule has 0 bridgehead atoms. The first-order chi connectivity index (χ1) is 14.1. The maximum Gasteiger partial charge on any atom is 0.263 e. The molecule has 1 aromatic heterocycles. The van der Waals surface area contributed by atoms with E-state index in [0.29, 0.717) is 24.5 Å². The van der Waals surface area contributed by atoms with E-state index in [2.05, 4.69) is 15.2 Å². The summed E-state index contributed by atoms with van der Waals surface area (Å²) in [6.07, 6.45) is 4.04. The molecule has 1 unspecified atom stereocenters. The molecule has 150 valence electrons. The van der Waals surface area contributed by atoms with Crippen LogP contribution in [0.4, 0.5) is 5.69 Å². The highest BCUT2D eigenvalue weighted by molar-refractivity contribution is 5.83. The average Bonchev–Trinajstić information content (AvgIpc) is 2.76. The van der Waals surface area contributed by atoms with Crippen molar-refractivity contribution in [3.8, 4) is 11.8 Å². The number of para-hydroxylation sites is 2. The van der Waals surface area contributed by atoms with Gasteiger partial charge in [-0.3, -0.25) is 4.79 Å². The van der Waals surface area contributed by atoms with E-state index in [9.17, 15) is 9.90 Å². The minimum absolute atomic E-state index is 0.201. The first-order valence-corrected chi connectivity index (χ1v) is 9.98. The van der Waals surface area contributed by atoms with Gasteiger partial charge in [0.2, 0.25) is 0 Å². The van der Waals surface area contributed by atoms with Crippen LogP contribution in [-0.2, 0) is 11.3 Å². The number of benzene rings is 1. The Morgan fingerprint density at radius 2 is 2.10 bits per heavy atom. The first-order valence-electron chi connectivity index (χ1n) is 9.98. The first kappa shape index (κ1) is 19.2. The van der Waals surface area contributed by atoms with E-state index in [1.165, 1.54) is 0 Å². The van der Waals surface area contributed by atoms with Crippen LogP contribution in [0.1, 0.15) is 36.9 Å². The summed E-state index contributed by atoms with van der Waals surface area (Å²) >= 11 is 0. The molecule has 1 fully saturated rings. The lowest BCUT2D eigenvalue weighted by atomic mass is 9.92. The lowest BCUT2D eigenvalue weighted by molar-refractivity contribution is -0.129. The fourth-order valence-electron chi connectivity index (χ4n) is 3.95. The predicted molar refractivity (Wildman–Crippen MR) is 107 cm³/mol. The molecule has 0 saturated heterocycles. The molecule has 0 spiro atoms. The summed E-state index contributed by atoms with van der Waals surface area (Å²) in [5, 5.41) is 22.1. The van der Waals surface area contributed by atoms with Crippen molar-refractivity contribution < 1.29 is 14.6 Å². The third-order valence-corrected chi connectivity index (χ3v) is 5.52. The molecule has 2 aromatic rings. The number of nitriles is 1. The van der Waals surface area contributed by atoms with E-state index < -0.39 is 12.2 Å². The zero-order chi connectivity index (χ0) is 20.2. The third kappa shape index (κ3) is 4.33. The van der Waals surface area contributed by atoms with Crippen LogP contribution in [0.5, 0.6) is 5.75 Å². The largest absolute Gasteiger partial charge is 0.477 e. The molecule has 7 heteroatoms. The van der Waals surface area contributed by atoms with E-state index in [0.717, 1.165) is 36.9 Å². The quantitative estimate of drug-likeness (QED) is 0.827. The zero-order valence-electron chi connectivity index (χ0n) is 16.1. The van der Waals surface area contributed by atoms with Crippen molar-refractivity contribution in [3.63, 3.8) is 0 Å². The van der Waals surface area contributed by atoms with Gasteiger partial charge in [-0.15, -0.1) is 0 Å². The number of ether oxygens (including phenoxy) is 1. The van der Waals surface area contributed by atoms with Gasteiger partial charge in [-0.05, 0) is 36.6 Å². The Bertz CT molecular complexity index is 909. The Balaban J connectivity index is 1.50. The molecule has 2 N–H and O–H groups in total. The van der Waals surface area contributed by atoms with Crippen molar-refractivity contribution >= 4 is 11.6 Å². The maximum absolute atomic E-state index is 12.9. The number of aromatic nitrogens is 1. The lowest BCUT2D eigenvalue weighted by Crippen LogP contribution is -2.54. The molecule has 1 saturated carbocycles. The second-order valence-corrected chi connectivity index (χ2v) is 7.59. The number of nitrogens with one attached hydrogen (secondary N) is 1. The molecule has 2 aliphatic rings. The highest BCUT2D eigenvalue weighted by Gasteiger charge is 2.33. The Hall–Kier alpha value is -3.11.